The van der Waals surface area contributed by atoms with Crippen molar-refractivity contribution < 1.29 is 4.74 Å². The minimum atomic E-state index is 0.379. The van der Waals surface area contributed by atoms with E-state index < -0.39 is 0 Å². The van der Waals surface area contributed by atoms with Crippen molar-refractivity contribution in [2.75, 3.05) is 32.1 Å². The predicted octanol–water partition coefficient (Wildman–Crippen LogP) is 1.97. The molecule has 0 spiro atoms. The Morgan fingerprint density at radius 1 is 1.50 bits per heavy atom. The second-order valence-electron chi connectivity index (χ2n) is 4.66. The second kappa shape index (κ2) is 7.01. The summed E-state index contributed by atoms with van der Waals surface area (Å²) in [5, 5.41) is 13.7. The van der Waals surface area contributed by atoms with Gasteiger partial charge in [0.15, 0.2) is 0 Å². The van der Waals surface area contributed by atoms with Crippen LogP contribution in [0.25, 0.3) is 0 Å². The number of likely N-dealkylation sites (tertiary alicyclic amines) is 1. The number of anilines is 1. The van der Waals surface area contributed by atoms with Gasteiger partial charge in [-0.2, -0.15) is 0 Å². The zero-order chi connectivity index (χ0) is 12.8. The van der Waals surface area contributed by atoms with Crippen LogP contribution in [0.2, 0.25) is 0 Å². The molecule has 1 aromatic rings. The molecule has 2 heterocycles. The Bertz CT molecular complexity index is 358. The van der Waals surface area contributed by atoms with Crippen LogP contribution in [0.5, 0.6) is 0 Å². The standard InChI is InChI=1S/C12H22N4OS/c1-3-6-13-12-15-14-11(18-12)9-16-7-4-5-10(8-16)17-2/h10H,3-9H2,1-2H3,(H,13,15). The topological polar surface area (TPSA) is 50.3 Å². The number of ether oxygens (including phenoxy) is 1. The number of hydrogen-bond acceptors (Lipinski definition) is 6. The monoisotopic (exact) mass is 270 g/mol. The van der Waals surface area contributed by atoms with Crippen molar-refractivity contribution in [1.29, 1.82) is 0 Å². The van der Waals surface area contributed by atoms with Gasteiger partial charge in [0, 0.05) is 20.2 Å². The van der Waals surface area contributed by atoms with Gasteiger partial charge in [-0.15, -0.1) is 10.2 Å². The highest BCUT2D eigenvalue weighted by Gasteiger charge is 2.20. The molecule has 6 heteroatoms. The summed E-state index contributed by atoms with van der Waals surface area (Å²) in [6.07, 6.45) is 3.87. The van der Waals surface area contributed by atoms with Gasteiger partial charge in [0.1, 0.15) is 5.01 Å². The number of piperidine rings is 1. The van der Waals surface area contributed by atoms with Gasteiger partial charge in [-0.05, 0) is 25.8 Å². The summed E-state index contributed by atoms with van der Waals surface area (Å²) in [5.74, 6) is 0. The second-order valence-corrected chi connectivity index (χ2v) is 5.72. The number of nitrogens with one attached hydrogen (secondary N) is 1. The summed E-state index contributed by atoms with van der Waals surface area (Å²) in [7, 11) is 1.80. The highest BCUT2D eigenvalue weighted by Crippen LogP contribution is 2.20. The fourth-order valence-electron chi connectivity index (χ4n) is 2.16. The van der Waals surface area contributed by atoms with Crippen molar-refractivity contribution in [3.8, 4) is 0 Å². The number of hydrogen-bond donors (Lipinski definition) is 1. The van der Waals surface area contributed by atoms with Crippen molar-refractivity contribution >= 4 is 16.5 Å². The molecule has 0 saturated carbocycles. The van der Waals surface area contributed by atoms with Crippen molar-refractivity contribution in [3.63, 3.8) is 0 Å². The van der Waals surface area contributed by atoms with E-state index in [-0.39, 0.29) is 0 Å². The largest absolute Gasteiger partial charge is 0.380 e. The Balaban J connectivity index is 1.83. The maximum absolute atomic E-state index is 5.43. The van der Waals surface area contributed by atoms with E-state index in [0.29, 0.717) is 6.10 Å². The Kier molecular flexibility index (Phi) is 5.34. The first-order valence-electron chi connectivity index (χ1n) is 6.63. The average molecular weight is 270 g/mol. The highest BCUT2D eigenvalue weighted by molar-refractivity contribution is 7.15. The normalized spacial score (nSPS) is 21.1. The lowest BCUT2D eigenvalue weighted by Gasteiger charge is -2.30. The van der Waals surface area contributed by atoms with E-state index in [1.807, 2.05) is 0 Å². The van der Waals surface area contributed by atoms with Crippen LogP contribution >= 0.6 is 11.3 Å². The van der Waals surface area contributed by atoms with E-state index in [9.17, 15) is 0 Å². The zero-order valence-corrected chi connectivity index (χ0v) is 12.0. The van der Waals surface area contributed by atoms with Crippen molar-refractivity contribution in [2.24, 2.45) is 0 Å². The van der Waals surface area contributed by atoms with E-state index in [0.717, 1.165) is 42.7 Å². The average Bonchev–Trinajstić information content (AvgIpc) is 2.84. The Hall–Kier alpha value is -0.720. The molecule has 5 nitrogen and oxygen atoms in total. The number of aromatic nitrogens is 2. The molecule has 2 rings (SSSR count). The fourth-order valence-corrected chi connectivity index (χ4v) is 2.97. The highest BCUT2D eigenvalue weighted by atomic mass is 32.1. The lowest BCUT2D eigenvalue weighted by molar-refractivity contribution is 0.0285. The number of rotatable bonds is 6. The van der Waals surface area contributed by atoms with Crippen LogP contribution in [0, 0.1) is 0 Å². The van der Waals surface area contributed by atoms with E-state index >= 15 is 0 Å². The molecule has 1 saturated heterocycles. The van der Waals surface area contributed by atoms with Gasteiger partial charge in [-0.3, -0.25) is 4.90 Å². The van der Waals surface area contributed by atoms with E-state index in [1.54, 1.807) is 18.4 Å². The molecule has 1 atom stereocenters. The molecule has 1 aliphatic heterocycles. The molecule has 1 aromatic heterocycles. The maximum Gasteiger partial charge on any atom is 0.205 e. The summed E-state index contributed by atoms with van der Waals surface area (Å²) in [6.45, 7) is 6.15. The molecule has 1 fully saturated rings. The van der Waals surface area contributed by atoms with E-state index in [4.69, 9.17) is 4.74 Å². The molecule has 1 aliphatic rings. The van der Waals surface area contributed by atoms with Crippen LogP contribution in [0.4, 0.5) is 5.13 Å². The Morgan fingerprint density at radius 2 is 2.39 bits per heavy atom. The predicted molar refractivity (Wildman–Crippen MR) is 74.0 cm³/mol. The number of nitrogens with zero attached hydrogens (tertiary/aromatic N) is 3. The van der Waals surface area contributed by atoms with Crippen LogP contribution in [0.3, 0.4) is 0 Å². The van der Waals surface area contributed by atoms with E-state index in [2.05, 4.69) is 27.3 Å². The van der Waals surface area contributed by atoms with Crippen LogP contribution in [-0.2, 0) is 11.3 Å². The minimum absolute atomic E-state index is 0.379. The fraction of sp³-hybridized carbons (Fsp3) is 0.833. The third kappa shape index (κ3) is 3.90. The lowest BCUT2D eigenvalue weighted by Crippen LogP contribution is -2.38. The van der Waals surface area contributed by atoms with Gasteiger partial charge < -0.3 is 10.1 Å². The van der Waals surface area contributed by atoms with Gasteiger partial charge in [0.2, 0.25) is 5.13 Å². The maximum atomic E-state index is 5.43. The van der Waals surface area contributed by atoms with Crippen molar-refractivity contribution in [3.05, 3.63) is 5.01 Å². The number of methoxy groups -OCH3 is 1. The Labute approximate surface area is 113 Å². The third-order valence-electron chi connectivity index (χ3n) is 3.15. The summed E-state index contributed by atoms with van der Waals surface area (Å²) < 4.78 is 5.43. The van der Waals surface area contributed by atoms with Gasteiger partial charge in [0.05, 0.1) is 12.6 Å². The van der Waals surface area contributed by atoms with Crippen LogP contribution in [-0.4, -0.2) is 47.9 Å². The molecule has 1 unspecified atom stereocenters. The van der Waals surface area contributed by atoms with Crippen LogP contribution in [0.15, 0.2) is 0 Å². The molecule has 0 aromatic carbocycles. The third-order valence-corrected chi connectivity index (χ3v) is 4.01. The van der Waals surface area contributed by atoms with Gasteiger partial charge >= 0.3 is 0 Å². The molecule has 0 radical (unpaired) electrons. The van der Waals surface area contributed by atoms with Crippen molar-refractivity contribution in [2.45, 2.75) is 38.8 Å². The molecule has 0 aliphatic carbocycles. The molecular formula is C12H22N4OS. The smallest absolute Gasteiger partial charge is 0.205 e. The quantitative estimate of drug-likeness (QED) is 0.856. The zero-order valence-electron chi connectivity index (χ0n) is 11.2. The summed E-state index contributed by atoms with van der Waals surface area (Å²) in [5.41, 5.74) is 0. The summed E-state index contributed by atoms with van der Waals surface area (Å²) >= 11 is 1.66. The molecule has 0 amide bonds. The Morgan fingerprint density at radius 3 is 3.17 bits per heavy atom. The molecular weight excluding hydrogens is 248 g/mol. The molecule has 18 heavy (non-hydrogen) atoms. The molecule has 102 valence electrons. The van der Waals surface area contributed by atoms with Crippen LogP contribution < -0.4 is 5.32 Å². The SMILES string of the molecule is CCCNc1nnc(CN2CCCC(OC)C2)s1. The van der Waals surface area contributed by atoms with Crippen molar-refractivity contribution in [1.82, 2.24) is 15.1 Å². The van der Waals surface area contributed by atoms with Crippen LogP contribution in [0.1, 0.15) is 31.2 Å². The first kappa shape index (κ1) is 13.7. The first-order chi connectivity index (χ1) is 8.81. The first-order valence-corrected chi connectivity index (χ1v) is 7.45. The van der Waals surface area contributed by atoms with E-state index in [1.165, 1.54) is 12.8 Å². The lowest BCUT2D eigenvalue weighted by atomic mass is 10.1. The molecule has 0 bridgehead atoms. The summed E-state index contributed by atoms with van der Waals surface area (Å²) in [6, 6.07) is 0. The van der Waals surface area contributed by atoms with Gasteiger partial charge in [-0.1, -0.05) is 18.3 Å². The van der Waals surface area contributed by atoms with Gasteiger partial charge in [0.25, 0.3) is 0 Å². The molecule has 1 N–H and O–H groups in total. The minimum Gasteiger partial charge on any atom is -0.380 e. The summed E-state index contributed by atoms with van der Waals surface area (Å²) in [4.78, 5) is 2.40. The van der Waals surface area contributed by atoms with Gasteiger partial charge in [-0.25, -0.2) is 0 Å².